The lowest BCUT2D eigenvalue weighted by molar-refractivity contribution is -0.619. The van der Waals surface area contributed by atoms with Gasteiger partial charge in [0.1, 0.15) is 23.8 Å². The molecule has 1 amide bonds. The van der Waals surface area contributed by atoms with Crippen molar-refractivity contribution in [2.24, 2.45) is 0 Å². The second-order valence-corrected chi connectivity index (χ2v) is 8.16. The summed E-state index contributed by atoms with van der Waals surface area (Å²) in [6.45, 7) is 8.76. The van der Waals surface area contributed by atoms with Crippen molar-refractivity contribution < 1.29 is 27.8 Å². The Kier molecular flexibility index (Phi) is 5.38. The van der Waals surface area contributed by atoms with E-state index >= 15 is 0 Å². The molecule has 156 valence electrons. The summed E-state index contributed by atoms with van der Waals surface area (Å²) in [5.41, 5.74) is 0.592. The van der Waals surface area contributed by atoms with E-state index in [1.807, 2.05) is 0 Å². The lowest BCUT2D eigenvalue weighted by atomic mass is 10.0. The highest BCUT2D eigenvalue weighted by Crippen LogP contribution is 2.34. The summed E-state index contributed by atoms with van der Waals surface area (Å²) in [6.07, 6.45) is -0.540. The standard InChI is InChI=1S/C21H24F2N2O4/c1-12-11-28-19-18(24(12)20(26)29-21(3,4)5)9-15(13(2)25(19)27)8-14-6-7-16(22)10-17(14)23/h6-7,9-10,12H,8,11H2,1-5H3/t12-/m0/s1. The lowest BCUT2D eigenvalue weighted by Gasteiger charge is -2.35. The SMILES string of the molecule is Cc1c(Cc2ccc(F)cc2F)cc2c([n+]1[O-])OC[C@H](C)N2C(=O)OC(C)(C)C. The van der Waals surface area contributed by atoms with E-state index in [1.165, 1.54) is 11.0 Å². The zero-order chi connectivity index (χ0) is 21.5. The molecule has 0 aliphatic carbocycles. The van der Waals surface area contributed by atoms with Gasteiger partial charge in [0.2, 0.25) is 0 Å². The molecule has 2 heterocycles. The van der Waals surface area contributed by atoms with Gasteiger partial charge < -0.3 is 14.7 Å². The summed E-state index contributed by atoms with van der Waals surface area (Å²) in [4.78, 5) is 14.2. The Balaban J connectivity index is 2.06. The van der Waals surface area contributed by atoms with Gasteiger partial charge in [0, 0.05) is 25.0 Å². The lowest BCUT2D eigenvalue weighted by Crippen LogP contribution is -2.50. The quantitative estimate of drug-likeness (QED) is 0.558. The van der Waals surface area contributed by atoms with Crippen molar-refractivity contribution in [1.29, 1.82) is 0 Å². The van der Waals surface area contributed by atoms with E-state index in [2.05, 4.69) is 0 Å². The maximum atomic E-state index is 14.1. The maximum absolute atomic E-state index is 14.1. The summed E-state index contributed by atoms with van der Waals surface area (Å²) >= 11 is 0. The molecule has 1 aliphatic rings. The fourth-order valence-electron chi connectivity index (χ4n) is 3.17. The van der Waals surface area contributed by atoms with E-state index in [4.69, 9.17) is 9.47 Å². The molecule has 6 nitrogen and oxygen atoms in total. The van der Waals surface area contributed by atoms with Gasteiger partial charge in [-0.2, -0.15) is 0 Å². The summed E-state index contributed by atoms with van der Waals surface area (Å²) in [6, 6.07) is 4.56. The predicted octanol–water partition coefficient (Wildman–Crippen LogP) is 4.02. The first kappa shape index (κ1) is 20.8. The molecular weight excluding hydrogens is 382 g/mol. The number of ether oxygens (including phenoxy) is 2. The summed E-state index contributed by atoms with van der Waals surface area (Å²) in [5, 5.41) is 12.8. The first-order chi connectivity index (χ1) is 13.5. The molecule has 0 saturated carbocycles. The molecule has 1 aromatic carbocycles. The van der Waals surface area contributed by atoms with Gasteiger partial charge in [-0.25, -0.2) is 13.6 Å². The minimum absolute atomic E-state index is 0.00483. The number of halogens is 2. The second kappa shape index (κ2) is 7.50. The molecule has 0 spiro atoms. The average Bonchev–Trinajstić information content (AvgIpc) is 2.59. The third kappa shape index (κ3) is 4.26. The molecule has 8 heteroatoms. The summed E-state index contributed by atoms with van der Waals surface area (Å²) < 4.78 is 39.0. The van der Waals surface area contributed by atoms with Crippen LogP contribution in [0, 0.1) is 23.8 Å². The fraction of sp³-hybridized carbons (Fsp3) is 0.429. The zero-order valence-electron chi connectivity index (χ0n) is 17.1. The number of rotatable bonds is 2. The fourth-order valence-corrected chi connectivity index (χ4v) is 3.17. The van der Waals surface area contributed by atoms with Gasteiger partial charge >= 0.3 is 12.0 Å². The van der Waals surface area contributed by atoms with Crippen molar-refractivity contribution in [3.05, 3.63) is 57.9 Å². The van der Waals surface area contributed by atoms with E-state index in [-0.39, 0.29) is 36.2 Å². The molecule has 29 heavy (non-hydrogen) atoms. The Labute approximate surface area is 168 Å². The van der Waals surface area contributed by atoms with Crippen LogP contribution in [0.1, 0.15) is 44.5 Å². The molecule has 3 rings (SSSR count). The highest BCUT2D eigenvalue weighted by molar-refractivity contribution is 5.90. The van der Waals surface area contributed by atoms with Crippen LogP contribution in [0.2, 0.25) is 0 Å². The Morgan fingerprint density at radius 3 is 2.62 bits per heavy atom. The molecule has 0 fully saturated rings. The van der Waals surface area contributed by atoms with Crippen LogP contribution >= 0.6 is 0 Å². The van der Waals surface area contributed by atoms with E-state index in [0.29, 0.717) is 16.0 Å². The number of anilines is 1. The number of pyridine rings is 1. The van der Waals surface area contributed by atoms with E-state index < -0.39 is 23.3 Å². The highest BCUT2D eigenvalue weighted by atomic mass is 19.1. The number of hydrogen-bond acceptors (Lipinski definition) is 4. The smallest absolute Gasteiger partial charge is 0.415 e. The normalized spacial score (nSPS) is 16.2. The van der Waals surface area contributed by atoms with Gasteiger partial charge in [0.05, 0.1) is 6.04 Å². The van der Waals surface area contributed by atoms with Crippen molar-refractivity contribution in [2.45, 2.75) is 52.7 Å². The molecule has 1 aliphatic heterocycles. The predicted molar refractivity (Wildman–Crippen MR) is 103 cm³/mol. The molecule has 0 saturated heterocycles. The molecule has 1 aromatic heterocycles. The maximum Gasteiger partial charge on any atom is 0.415 e. The van der Waals surface area contributed by atoms with Gasteiger partial charge in [0.15, 0.2) is 11.4 Å². The van der Waals surface area contributed by atoms with Crippen LogP contribution in [0.3, 0.4) is 0 Å². The molecule has 1 atom stereocenters. The van der Waals surface area contributed by atoms with Crippen LogP contribution in [-0.2, 0) is 11.2 Å². The zero-order valence-corrected chi connectivity index (χ0v) is 17.1. The average molecular weight is 406 g/mol. The van der Waals surface area contributed by atoms with Crippen LogP contribution in [0.4, 0.5) is 19.3 Å². The molecule has 0 bridgehead atoms. The van der Waals surface area contributed by atoms with Crippen LogP contribution in [0.15, 0.2) is 24.3 Å². The van der Waals surface area contributed by atoms with Crippen molar-refractivity contribution in [2.75, 3.05) is 11.5 Å². The largest absolute Gasteiger partial charge is 0.616 e. The van der Waals surface area contributed by atoms with Crippen molar-refractivity contribution in [3.63, 3.8) is 0 Å². The summed E-state index contributed by atoms with van der Waals surface area (Å²) in [5.74, 6) is -1.38. The molecule has 0 N–H and O–H groups in total. The van der Waals surface area contributed by atoms with Gasteiger partial charge in [0.25, 0.3) is 0 Å². The number of aromatic nitrogens is 1. The van der Waals surface area contributed by atoms with Gasteiger partial charge in [-0.05, 0) is 45.4 Å². The third-order valence-corrected chi connectivity index (χ3v) is 4.63. The number of carbonyl (C=O) groups excluding carboxylic acids is 1. The van der Waals surface area contributed by atoms with Crippen LogP contribution in [0.25, 0.3) is 0 Å². The Morgan fingerprint density at radius 1 is 1.31 bits per heavy atom. The number of hydrogen-bond donors (Lipinski definition) is 0. The Morgan fingerprint density at radius 2 is 2.00 bits per heavy atom. The monoisotopic (exact) mass is 406 g/mol. The number of nitrogens with zero attached hydrogens (tertiary/aromatic N) is 2. The topological polar surface area (TPSA) is 65.7 Å². The molecule has 2 aromatic rings. The second-order valence-electron chi connectivity index (χ2n) is 8.16. The Hall–Kier alpha value is -2.90. The minimum atomic E-state index is -0.715. The van der Waals surface area contributed by atoms with E-state index in [0.717, 1.165) is 12.1 Å². The van der Waals surface area contributed by atoms with Gasteiger partial charge in [-0.1, -0.05) is 6.07 Å². The van der Waals surface area contributed by atoms with Crippen LogP contribution in [0.5, 0.6) is 5.88 Å². The molecule has 0 radical (unpaired) electrons. The van der Waals surface area contributed by atoms with Crippen molar-refractivity contribution in [3.8, 4) is 5.88 Å². The van der Waals surface area contributed by atoms with E-state index in [1.54, 1.807) is 40.7 Å². The number of carbonyl (C=O) groups is 1. The minimum Gasteiger partial charge on any atom is -0.616 e. The van der Waals surface area contributed by atoms with Gasteiger partial charge in [-0.3, -0.25) is 4.90 Å². The Bertz CT molecular complexity index is 957. The third-order valence-electron chi connectivity index (χ3n) is 4.63. The highest BCUT2D eigenvalue weighted by Gasteiger charge is 2.38. The van der Waals surface area contributed by atoms with E-state index in [9.17, 15) is 18.8 Å². The summed E-state index contributed by atoms with van der Waals surface area (Å²) in [7, 11) is 0. The van der Waals surface area contributed by atoms with Crippen LogP contribution < -0.4 is 14.4 Å². The molecule has 0 unspecified atom stereocenters. The van der Waals surface area contributed by atoms with Crippen LogP contribution in [-0.4, -0.2) is 24.3 Å². The van der Waals surface area contributed by atoms with Gasteiger partial charge in [-0.15, -0.1) is 4.73 Å². The first-order valence-corrected chi connectivity index (χ1v) is 9.33. The van der Waals surface area contributed by atoms with Crippen molar-refractivity contribution >= 4 is 11.8 Å². The number of amides is 1. The van der Waals surface area contributed by atoms with Crippen molar-refractivity contribution in [1.82, 2.24) is 0 Å². The first-order valence-electron chi connectivity index (χ1n) is 9.33. The number of fused-ring (bicyclic) bond motifs is 1. The molecular formula is C21H24F2N2O4. The number of benzene rings is 1.